The number of benzene rings is 1. The molecular formula is C18H29N3O4S. The van der Waals surface area contributed by atoms with Crippen molar-refractivity contribution >= 4 is 16.1 Å². The van der Waals surface area contributed by atoms with Gasteiger partial charge in [0.1, 0.15) is 0 Å². The lowest BCUT2D eigenvalue weighted by Gasteiger charge is -2.34. The molecule has 2 rings (SSSR count). The van der Waals surface area contributed by atoms with Crippen LogP contribution in [0.5, 0.6) is 0 Å². The second-order valence-electron chi connectivity index (χ2n) is 6.70. The number of nitrogens with zero attached hydrogens (tertiary/aromatic N) is 2. The summed E-state index contributed by atoms with van der Waals surface area (Å²) in [5, 5.41) is 2.84. The van der Waals surface area contributed by atoms with Crippen molar-refractivity contribution in [3.8, 4) is 0 Å². The van der Waals surface area contributed by atoms with Crippen LogP contribution in [0.25, 0.3) is 0 Å². The molecule has 1 amide bonds. The van der Waals surface area contributed by atoms with E-state index in [0.717, 1.165) is 11.1 Å². The average Bonchev–Trinajstić information content (AvgIpc) is 2.61. The van der Waals surface area contributed by atoms with Gasteiger partial charge in [0.05, 0.1) is 6.42 Å². The van der Waals surface area contributed by atoms with E-state index >= 15 is 0 Å². The standard InChI is InChI=1S/C18H29N3O4S/c1-15-6-4-5-7-16(15)14-18(22)19-10-11-21(26(23,24)20(2)3)17-8-12-25-13-9-17/h4-7,17H,8-14H2,1-3H3,(H,19,22). The fourth-order valence-corrected chi connectivity index (χ4v) is 4.35. The summed E-state index contributed by atoms with van der Waals surface area (Å²) in [6.45, 7) is 3.63. The summed E-state index contributed by atoms with van der Waals surface area (Å²) in [6, 6.07) is 7.66. The highest BCUT2D eigenvalue weighted by Gasteiger charge is 2.32. The monoisotopic (exact) mass is 383 g/mol. The Hall–Kier alpha value is -1.48. The second kappa shape index (κ2) is 9.45. The fourth-order valence-electron chi connectivity index (χ4n) is 3.02. The highest BCUT2D eigenvalue weighted by Crippen LogP contribution is 2.19. The van der Waals surface area contributed by atoms with Gasteiger partial charge in [-0.25, -0.2) is 0 Å². The van der Waals surface area contributed by atoms with Gasteiger partial charge >= 0.3 is 0 Å². The van der Waals surface area contributed by atoms with Crippen LogP contribution in [0.1, 0.15) is 24.0 Å². The molecule has 1 aliphatic heterocycles. The summed E-state index contributed by atoms with van der Waals surface area (Å²) >= 11 is 0. The summed E-state index contributed by atoms with van der Waals surface area (Å²) in [4.78, 5) is 12.2. The predicted molar refractivity (Wildman–Crippen MR) is 101 cm³/mol. The van der Waals surface area contributed by atoms with E-state index in [9.17, 15) is 13.2 Å². The molecule has 1 fully saturated rings. The van der Waals surface area contributed by atoms with Crippen LogP contribution >= 0.6 is 0 Å². The Morgan fingerprint density at radius 3 is 2.50 bits per heavy atom. The van der Waals surface area contributed by atoms with E-state index in [0.29, 0.717) is 32.5 Å². The Kier molecular flexibility index (Phi) is 7.57. The van der Waals surface area contributed by atoms with E-state index in [1.165, 1.54) is 22.7 Å². The maximum absolute atomic E-state index is 12.6. The van der Waals surface area contributed by atoms with Crippen molar-refractivity contribution in [2.24, 2.45) is 0 Å². The molecule has 8 heteroatoms. The van der Waals surface area contributed by atoms with Crippen molar-refractivity contribution < 1.29 is 17.9 Å². The summed E-state index contributed by atoms with van der Waals surface area (Å²) < 4.78 is 33.3. The Morgan fingerprint density at radius 1 is 1.23 bits per heavy atom. The van der Waals surface area contributed by atoms with E-state index in [-0.39, 0.29) is 25.0 Å². The van der Waals surface area contributed by atoms with Crippen LogP contribution in [-0.2, 0) is 26.2 Å². The van der Waals surface area contributed by atoms with Gasteiger partial charge in [0, 0.05) is 46.4 Å². The minimum absolute atomic E-state index is 0.0931. The number of amides is 1. The molecule has 1 heterocycles. The van der Waals surface area contributed by atoms with Gasteiger partial charge in [-0.15, -0.1) is 0 Å². The predicted octanol–water partition coefficient (Wildman–Crippen LogP) is 0.941. The fraction of sp³-hybridized carbons (Fsp3) is 0.611. The van der Waals surface area contributed by atoms with Crippen LogP contribution in [0.2, 0.25) is 0 Å². The SMILES string of the molecule is Cc1ccccc1CC(=O)NCCN(C1CCOCC1)S(=O)(=O)N(C)C. The molecule has 146 valence electrons. The van der Waals surface area contributed by atoms with Crippen molar-refractivity contribution in [3.05, 3.63) is 35.4 Å². The molecular weight excluding hydrogens is 354 g/mol. The Labute approximate surface area is 156 Å². The normalized spacial score (nSPS) is 16.2. The number of carbonyl (C=O) groups is 1. The smallest absolute Gasteiger partial charge is 0.281 e. The van der Waals surface area contributed by atoms with Crippen molar-refractivity contribution in [2.45, 2.75) is 32.2 Å². The van der Waals surface area contributed by atoms with Gasteiger partial charge in [-0.1, -0.05) is 24.3 Å². The first kappa shape index (κ1) is 20.8. The van der Waals surface area contributed by atoms with Crippen molar-refractivity contribution in [1.29, 1.82) is 0 Å². The number of aryl methyl sites for hydroxylation is 1. The third-order valence-corrected chi connectivity index (χ3v) is 6.62. The maximum Gasteiger partial charge on any atom is 0.281 e. The number of nitrogens with one attached hydrogen (secondary N) is 1. The lowest BCUT2D eigenvalue weighted by Crippen LogP contribution is -2.50. The third kappa shape index (κ3) is 5.51. The first-order valence-corrected chi connectivity index (χ1v) is 10.3. The topological polar surface area (TPSA) is 79.0 Å². The summed E-state index contributed by atoms with van der Waals surface area (Å²) in [5.74, 6) is -0.103. The zero-order valence-corrected chi connectivity index (χ0v) is 16.6. The largest absolute Gasteiger partial charge is 0.381 e. The van der Waals surface area contributed by atoms with E-state index in [1.807, 2.05) is 31.2 Å². The Morgan fingerprint density at radius 2 is 1.88 bits per heavy atom. The van der Waals surface area contributed by atoms with Crippen LogP contribution in [0.3, 0.4) is 0 Å². The maximum atomic E-state index is 12.6. The van der Waals surface area contributed by atoms with Crippen LogP contribution in [0.15, 0.2) is 24.3 Å². The molecule has 0 unspecified atom stereocenters. The van der Waals surface area contributed by atoms with E-state index in [2.05, 4.69) is 5.32 Å². The first-order valence-electron chi connectivity index (χ1n) is 8.90. The van der Waals surface area contributed by atoms with Crippen molar-refractivity contribution in [2.75, 3.05) is 40.4 Å². The van der Waals surface area contributed by atoms with Gasteiger partial charge in [0.25, 0.3) is 10.2 Å². The Bertz CT molecular complexity index is 700. The van der Waals surface area contributed by atoms with Crippen LogP contribution in [0, 0.1) is 6.92 Å². The van der Waals surface area contributed by atoms with Crippen LogP contribution in [0.4, 0.5) is 0 Å². The lowest BCUT2D eigenvalue weighted by molar-refractivity contribution is -0.120. The van der Waals surface area contributed by atoms with Crippen LogP contribution < -0.4 is 5.32 Å². The third-order valence-electron chi connectivity index (χ3n) is 4.62. The summed E-state index contributed by atoms with van der Waals surface area (Å²) in [5.41, 5.74) is 2.05. The van der Waals surface area contributed by atoms with Gasteiger partial charge in [-0.3, -0.25) is 4.79 Å². The quantitative estimate of drug-likeness (QED) is 0.725. The number of ether oxygens (including phenoxy) is 1. The minimum Gasteiger partial charge on any atom is -0.381 e. The van der Waals surface area contributed by atoms with Gasteiger partial charge in [-0.05, 0) is 30.9 Å². The van der Waals surface area contributed by atoms with Gasteiger partial charge in [-0.2, -0.15) is 17.0 Å². The second-order valence-corrected chi connectivity index (χ2v) is 8.79. The van der Waals surface area contributed by atoms with Gasteiger partial charge < -0.3 is 10.1 Å². The molecule has 0 aliphatic carbocycles. The molecule has 0 spiro atoms. The van der Waals surface area contributed by atoms with Crippen LogP contribution in [-0.4, -0.2) is 69.4 Å². The lowest BCUT2D eigenvalue weighted by atomic mass is 10.1. The molecule has 0 atom stereocenters. The molecule has 1 aliphatic rings. The Balaban J connectivity index is 1.94. The molecule has 0 saturated carbocycles. The molecule has 0 aromatic heterocycles. The highest BCUT2D eigenvalue weighted by atomic mass is 32.2. The van der Waals surface area contributed by atoms with Gasteiger partial charge in [0.2, 0.25) is 5.91 Å². The van der Waals surface area contributed by atoms with E-state index in [1.54, 1.807) is 0 Å². The number of hydrogen-bond acceptors (Lipinski definition) is 4. The molecule has 0 radical (unpaired) electrons. The van der Waals surface area contributed by atoms with Crippen molar-refractivity contribution in [3.63, 3.8) is 0 Å². The molecule has 1 N–H and O–H groups in total. The molecule has 26 heavy (non-hydrogen) atoms. The zero-order chi connectivity index (χ0) is 19.2. The number of hydrogen-bond donors (Lipinski definition) is 1. The molecule has 7 nitrogen and oxygen atoms in total. The first-order chi connectivity index (χ1) is 12.3. The van der Waals surface area contributed by atoms with Gasteiger partial charge in [0.15, 0.2) is 0 Å². The summed E-state index contributed by atoms with van der Waals surface area (Å²) in [6.07, 6.45) is 1.64. The minimum atomic E-state index is -3.54. The molecule has 1 aromatic carbocycles. The molecule has 1 aromatic rings. The molecule has 0 bridgehead atoms. The van der Waals surface area contributed by atoms with E-state index in [4.69, 9.17) is 4.74 Å². The van der Waals surface area contributed by atoms with E-state index < -0.39 is 10.2 Å². The molecule has 1 saturated heterocycles. The highest BCUT2D eigenvalue weighted by molar-refractivity contribution is 7.86. The van der Waals surface area contributed by atoms with Crippen molar-refractivity contribution in [1.82, 2.24) is 13.9 Å². The zero-order valence-electron chi connectivity index (χ0n) is 15.8. The number of rotatable bonds is 8. The number of carbonyl (C=O) groups excluding carboxylic acids is 1. The summed E-state index contributed by atoms with van der Waals surface area (Å²) in [7, 11) is -0.490. The average molecular weight is 384 g/mol.